The molecule has 0 unspecified atom stereocenters. The summed E-state index contributed by atoms with van der Waals surface area (Å²) >= 11 is 0. The standard InChI is InChI=1S/C16H18N2O3/c1-9(2)21-12-5-6-13(10(3)7-12)14-11(4)17-8-18-15(14)16(19)20/h5-9H,1-4H3,(H,19,20). The van der Waals surface area contributed by atoms with Gasteiger partial charge in [0, 0.05) is 11.3 Å². The molecule has 0 amide bonds. The molecule has 0 radical (unpaired) electrons. The first kappa shape index (κ1) is 15.0. The van der Waals surface area contributed by atoms with Crippen molar-refractivity contribution in [1.82, 2.24) is 9.97 Å². The number of aryl methyl sites for hydroxylation is 2. The van der Waals surface area contributed by atoms with E-state index in [1.165, 1.54) is 6.33 Å². The third-order valence-electron chi connectivity index (χ3n) is 3.08. The highest BCUT2D eigenvalue weighted by Crippen LogP contribution is 2.30. The third-order valence-corrected chi connectivity index (χ3v) is 3.08. The molecule has 1 N–H and O–H groups in total. The van der Waals surface area contributed by atoms with E-state index < -0.39 is 5.97 Å². The Hall–Kier alpha value is -2.43. The van der Waals surface area contributed by atoms with Gasteiger partial charge in [-0.25, -0.2) is 14.8 Å². The highest BCUT2D eigenvalue weighted by molar-refractivity contribution is 5.95. The summed E-state index contributed by atoms with van der Waals surface area (Å²) in [5.41, 5.74) is 2.94. The van der Waals surface area contributed by atoms with Crippen molar-refractivity contribution in [3.63, 3.8) is 0 Å². The van der Waals surface area contributed by atoms with Crippen LogP contribution in [0.5, 0.6) is 5.75 Å². The van der Waals surface area contributed by atoms with Crippen molar-refractivity contribution >= 4 is 5.97 Å². The summed E-state index contributed by atoms with van der Waals surface area (Å²) < 4.78 is 5.65. The van der Waals surface area contributed by atoms with Crippen LogP contribution in [0.2, 0.25) is 0 Å². The molecule has 0 fully saturated rings. The Bertz CT molecular complexity index is 681. The van der Waals surface area contributed by atoms with Crippen molar-refractivity contribution in [3.05, 3.63) is 41.5 Å². The molecule has 0 spiro atoms. The molecule has 1 aromatic carbocycles. The van der Waals surface area contributed by atoms with Crippen LogP contribution in [-0.2, 0) is 0 Å². The van der Waals surface area contributed by atoms with Gasteiger partial charge in [-0.05, 0) is 51.0 Å². The maximum Gasteiger partial charge on any atom is 0.355 e. The predicted octanol–water partition coefficient (Wildman–Crippen LogP) is 3.25. The van der Waals surface area contributed by atoms with Gasteiger partial charge in [-0.2, -0.15) is 0 Å². The second-order valence-corrected chi connectivity index (χ2v) is 5.13. The van der Waals surface area contributed by atoms with E-state index in [0.29, 0.717) is 11.3 Å². The van der Waals surface area contributed by atoms with E-state index in [4.69, 9.17) is 4.74 Å². The molecule has 0 aliphatic carbocycles. The number of benzene rings is 1. The Kier molecular flexibility index (Phi) is 4.21. The van der Waals surface area contributed by atoms with Crippen molar-refractivity contribution in [2.24, 2.45) is 0 Å². The van der Waals surface area contributed by atoms with Crippen LogP contribution in [0.1, 0.15) is 35.6 Å². The monoisotopic (exact) mass is 286 g/mol. The zero-order valence-electron chi connectivity index (χ0n) is 12.5. The topological polar surface area (TPSA) is 72.3 Å². The fourth-order valence-electron chi connectivity index (χ4n) is 2.22. The van der Waals surface area contributed by atoms with Gasteiger partial charge in [-0.1, -0.05) is 6.07 Å². The van der Waals surface area contributed by atoms with E-state index in [1.54, 1.807) is 6.92 Å². The van der Waals surface area contributed by atoms with Crippen LogP contribution in [0.25, 0.3) is 11.1 Å². The normalized spacial score (nSPS) is 10.7. The quantitative estimate of drug-likeness (QED) is 0.934. The Morgan fingerprint density at radius 2 is 1.95 bits per heavy atom. The Balaban J connectivity index is 2.55. The van der Waals surface area contributed by atoms with Crippen LogP contribution in [0.3, 0.4) is 0 Å². The predicted molar refractivity (Wildman–Crippen MR) is 79.7 cm³/mol. The van der Waals surface area contributed by atoms with Gasteiger partial charge in [0.1, 0.15) is 12.1 Å². The summed E-state index contributed by atoms with van der Waals surface area (Å²) in [4.78, 5) is 19.3. The number of aromatic carboxylic acids is 1. The molecule has 0 aliphatic rings. The SMILES string of the molecule is Cc1cc(OC(C)C)ccc1-c1c(C)ncnc1C(=O)O. The number of hydrogen-bond donors (Lipinski definition) is 1. The van der Waals surface area contributed by atoms with Crippen molar-refractivity contribution in [3.8, 4) is 16.9 Å². The third kappa shape index (κ3) is 3.18. The fraction of sp³-hybridized carbons (Fsp3) is 0.312. The van der Waals surface area contributed by atoms with Crippen LogP contribution in [0, 0.1) is 13.8 Å². The largest absolute Gasteiger partial charge is 0.491 e. The highest BCUT2D eigenvalue weighted by atomic mass is 16.5. The number of carboxylic acids is 1. The average molecular weight is 286 g/mol. The smallest absolute Gasteiger partial charge is 0.355 e. The lowest BCUT2D eigenvalue weighted by Crippen LogP contribution is -2.08. The summed E-state index contributed by atoms with van der Waals surface area (Å²) in [6, 6.07) is 5.58. The second kappa shape index (κ2) is 5.91. The Morgan fingerprint density at radius 3 is 2.52 bits per heavy atom. The van der Waals surface area contributed by atoms with Gasteiger partial charge in [0.2, 0.25) is 0 Å². The van der Waals surface area contributed by atoms with Gasteiger partial charge in [0.05, 0.1) is 6.10 Å². The minimum atomic E-state index is -1.06. The molecule has 0 aliphatic heterocycles. The molecule has 5 nitrogen and oxygen atoms in total. The summed E-state index contributed by atoms with van der Waals surface area (Å²) in [6.07, 6.45) is 1.36. The molecule has 2 aromatic rings. The lowest BCUT2D eigenvalue weighted by Gasteiger charge is -2.14. The van der Waals surface area contributed by atoms with E-state index >= 15 is 0 Å². The van der Waals surface area contributed by atoms with Gasteiger partial charge in [-0.3, -0.25) is 0 Å². The first-order valence-corrected chi connectivity index (χ1v) is 6.72. The fourth-order valence-corrected chi connectivity index (χ4v) is 2.22. The van der Waals surface area contributed by atoms with Gasteiger partial charge in [-0.15, -0.1) is 0 Å². The van der Waals surface area contributed by atoms with Crippen LogP contribution in [-0.4, -0.2) is 27.1 Å². The number of ether oxygens (including phenoxy) is 1. The number of nitrogens with zero attached hydrogens (tertiary/aromatic N) is 2. The van der Waals surface area contributed by atoms with Crippen LogP contribution < -0.4 is 4.74 Å². The van der Waals surface area contributed by atoms with Gasteiger partial charge >= 0.3 is 5.97 Å². The average Bonchev–Trinajstić information content (AvgIpc) is 2.38. The van der Waals surface area contributed by atoms with Gasteiger partial charge in [0.15, 0.2) is 5.69 Å². The van der Waals surface area contributed by atoms with Crippen molar-refractivity contribution in [1.29, 1.82) is 0 Å². The highest BCUT2D eigenvalue weighted by Gasteiger charge is 2.18. The van der Waals surface area contributed by atoms with Crippen molar-refractivity contribution in [2.75, 3.05) is 0 Å². The molecule has 110 valence electrons. The lowest BCUT2D eigenvalue weighted by atomic mass is 9.97. The molecule has 0 bridgehead atoms. The molecule has 5 heteroatoms. The van der Waals surface area contributed by atoms with E-state index in [0.717, 1.165) is 16.9 Å². The summed E-state index contributed by atoms with van der Waals surface area (Å²) in [5.74, 6) is -0.296. The number of hydrogen-bond acceptors (Lipinski definition) is 4. The molecule has 2 rings (SSSR count). The summed E-state index contributed by atoms with van der Waals surface area (Å²) in [6.45, 7) is 7.62. The lowest BCUT2D eigenvalue weighted by molar-refractivity contribution is 0.0691. The number of rotatable bonds is 4. The number of carboxylic acid groups (broad SMARTS) is 1. The van der Waals surface area contributed by atoms with Crippen LogP contribution >= 0.6 is 0 Å². The zero-order valence-corrected chi connectivity index (χ0v) is 12.5. The minimum Gasteiger partial charge on any atom is -0.491 e. The Morgan fingerprint density at radius 1 is 1.24 bits per heavy atom. The maximum absolute atomic E-state index is 11.4. The van der Waals surface area contributed by atoms with Crippen LogP contribution in [0.15, 0.2) is 24.5 Å². The molecular formula is C16H18N2O3. The molecule has 0 saturated carbocycles. The second-order valence-electron chi connectivity index (χ2n) is 5.13. The van der Waals surface area contributed by atoms with Gasteiger partial charge in [0.25, 0.3) is 0 Å². The zero-order chi connectivity index (χ0) is 15.6. The van der Waals surface area contributed by atoms with E-state index in [1.807, 2.05) is 39.0 Å². The molecule has 0 saturated heterocycles. The van der Waals surface area contributed by atoms with E-state index in [9.17, 15) is 9.90 Å². The van der Waals surface area contributed by atoms with E-state index in [2.05, 4.69) is 9.97 Å². The first-order chi connectivity index (χ1) is 9.90. The first-order valence-electron chi connectivity index (χ1n) is 6.72. The van der Waals surface area contributed by atoms with Gasteiger partial charge < -0.3 is 9.84 Å². The molecule has 1 heterocycles. The summed E-state index contributed by atoms with van der Waals surface area (Å²) in [7, 11) is 0. The van der Waals surface area contributed by atoms with E-state index in [-0.39, 0.29) is 11.8 Å². The molecule has 21 heavy (non-hydrogen) atoms. The molecular weight excluding hydrogens is 268 g/mol. The molecule has 1 aromatic heterocycles. The maximum atomic E-state index is 11.4. The van der Waals surface area contributed by atoms with Crippen molar-refractivity contribution in [2.45, 2.75) is 33.8 Å². The molecule has 0 atom stereocenters. The van der Waals surface area contributed by atoms with Crippen molar-refractivity contribution < 1.29 is 14.6 Å². The number of carbonyl (C=O) groups is 1. The van der Waals surface area contributed by atoms with Crippen LogP contribution in [0.4, 0.5) is 0 Å². The number of aromatic nitrogens is 2. The Labute approximate surface area is 123 Å². The minimum absolute atomic E-state index is 0.0168. The summed E-state index contributed by atoms with van der Waals surface area (Å²) in [5, 5.41) is 9.30.